The molecule has 2 rings (SSSR count). The molecular weight excluding hydrogens is 489 g/mol. The number of ether oxygens (including phenoxy) is 1. The van der Waals surface area contributed by atoms with E-state index in [0.717, 1.165) is 5.69 Å². The first kappa shape index (κ1) is 21.4. The van der Waals surface area contributed by atoms with Gasteiger partial charge in [-0.2, -0.15) is 8.42 Å². The van der Waals surface area contributed by atoms with Crippen molar-refractivity contribution in [2.75, 3.05) is 25.6 Å². The SMILES string of the molecule is COc1ccccc1N(C)CC(Br)S(=O)(=O)Oc1c(Cl)cc(Cl)cc1Cl. The van der Waals surface area contributed by atoms with Crippen LogP contribution in [0.5, 0.6) is 11.5 Å². The third-order valence-corrected chi connectivity index (χ3v) is 7.01. The van der Waals surface area contributed by atoms with E-state index in [0.29, 0.717) is 5.75 Å². The molecule has 0 N–H and O–H groups in total. The first-order valence-electron chi connectivity index (χ1n) is 7.21. The van der Waals surface area contributed by atoms with Crippen molar-refractivity contribution >= 4 is 66.5 Å². The molecule has 0 bridgehead atoms. The molecule has 0 heterocycles. The van der Waals surface area contributed by atoms with Gasteiger partial charge in [0.25, 0.3) is 0 Å². The van der Waals surface area contributed by atoms with Crippen LogP contribution in [0.25, 0.3) is 0 Å². The minimum Gasteiger partial charge on any atom is -0.495 e. The molecule has 2 aromatic carbocycles. The fourth-order valence-electron chi connectivity index (χ4n) is 2.13. The molecule has 1 unspecified atom stereocenters. The monoisotopic (exact) mass is 501 g/mol. The summed E-state index contributed by atoms with van der Waals surface area (Å²) < 4.78 is 34.4. The quantitative estimate of drug-likeness (QED) is 0.383. The predicted octanol–water partition coefficient (Wildman–Crippen LogP) is 5.22. The Morgan fingerprint density at radius 2 is 1.73 bits per heavy atom. The van der Waals surface area contributed by atoms with E-state index < -0.39 is 14.3 Å². The van der Waals surface area contributed by atoms with Crippen LogP contribution < -0.4 is 13.8 Å². The lowest BCUT2D eigenvalue weighted by molar-refractivity contribution is 0.415. The zero-order chi connectivity index (χ0) is 19.5. The van der Waals surface area contributed by atoms with Gasteiger partial charge in [0.05, 0.1) is 22.8 Å². The average molecular weight is 504 g/mol. The van der Waals surface area contributed by atoms with Crippen LogP contribution in [0.3, 0.4) is 0 Å². The van der Waals surface area contributed by atoms with E-state index in [4.69, 9.17) is 43.7 Å². The Labute approximate surface area is 176 Å². The molecule has 0 radical (unpaired) electrons. The van der Waals surface area contributed by atoms with Crippen LogP contribution in [0.2, 0.25) is 15.1 Å². The topological polar surface area (TPSA) is 55.8 Å². The molecule has 0 amide bonds. The van der Waals surface area contributed by atoms with Gasteiger partial charge < -0.3 is 13.8 Å². The van der Waals surface area contributed by atoms with Crippen LogP contribution in [0.1, 0.15) is 0 Å². The lowest BCUT2D eigenvalue weighted by Gasteiger charge is -2.24. The normalized spacial score (nSPS) is 12.5. The maximum Gasteiger partial charge on any atom is 0.324 e. The van der Waals surface area contributed by atoms with Gasteiger partial charge in [-0.1, -0.05) is 62.9 Å². The number of methoxy groups -OCH3 is 1. The summed E-state index contributed by atoms with van der Waals surface area (Å²) in [6.45, 7) is 0.0888. The number of hydrogen-bond donors (Lipinski definition) is 0. The maximum absolute atomic E-state index is 12.5. The number of halogens is 4. The van der Waals surface area contributed by atoms with E-state index in [1.807, 2.05) is 18.2 Å². The standard InChI is InChI=1S/C16H15BrCl3NO4S/c1-21(13-5-3-4-6-14(13)24-2)9-15(17)26(22,23)25-16-11(19)7-10(18)8-12(16)20/h3-8,15H,9H2,1-2H3. The fourth-order valence-corrected chi connectivity index (χ4v) is 4.70. The fraction of sp³-hybridized carbons (Fsp3) is 0.250. The summed E-state index contributed by atoms with van der Waals surface area (Å²) in [5, 5.41) is 0.281. The number of benzene rings is 2. The lowest BCUT2D eigenvalue weighted by Crippen LogP contribution is -2.33. The molecule has 0 aliphatic carbocycles. The van der Waals surface area contributed by atoms with Gasteiger partial charge in [0.2, 0.25) is 0 Å². The van der Waals surface area contributed by atoms with Crippen molar-refractivity contribution in [2.24, 2.45) is 0 Å². The highest BCUT2D eigenvalue weighted by Gasteiger charge is 2.29. The van der Waals surface area contributed by atoms with Gasteiger partial charge in [-0.3, -0.25) is 0 Å². The van der Waals surface area contributed by atoms with Gasteiger partial charge in [-0.25, -0.2) is 0 Å². The third-order valence-electron chi connectivity index (χ3n) is 3.39. The molecule has 26 heavy (non-hydrogen) atoms. The van der Waals surface area contributed by atoms with Gasteiger partial charge in [-0.15, -0.1) is 0 Å². The molecule has 0 aromatic heterocycles. The summed E-state index contributed by atoms with van der Waals surface area (Å²) in [5.74, 6) is 0.457. The largest absolute Gasteiger partial charge is 0.495 e. The molecule has 0 saturated carbocycles. The van der Waals surface area contributed by atoms with Crippen LogP contribution in [0, 0.1) is 0 Å². The molecule has 0 saturated heterocycles. The van der Waals surface area contributed by atoms with Crippen molar-refractivity contribution in [3.63, 3.8) is 0 Å². The number of nitrogens with zero attached hydrogens (tertiary/aromatic N) is 1. The van der Waals surface area contributed by atoms with Crippen LogP contribution in [0.15, 0.2) is 36.4 Å². The van der Waals surface area contributed by atoms with Crippen LogP contribution in [0.4, 0.5) is 5.69 Å². The van der Waals surface area contributed by atoms with Gasteiger partial charge >= 0.3 is 10.1 Å². The number of alkyl halides is 1. The summed E-state index contributed by atoms with van der Waals surface area (Å²) >= 11 is 20.9. The second-order valence-electron chi connectivity index (χ2n) is 5.24. The van der Waals surface area contributed by atoms with Crippen LogP contribution >= 0.6 is 50.7 Å². The van der Waals surface area contributed by atoms with E-state index in [-0.39, 0.29) is 27.4 Å². The van der Waals surface area contributed by atoms with E-state index in [1.165, 1.54) is 12.1 Å². The maximum atomic E-state index is 12.5. The van der Waals surface area contributed by atoms with Crippen LogP contribution in [-0.2, 0) is 10.1 Å². The predicted molar refractivity (Wildman–Crippen MR) is 110 cm³/mol. The van der Waals surface area contributed by atoms with Gasteiger partial charge in [0.1, 0.15) is 5.75 Å². The number of anilines is 1. The molecule has 10 heteroatoms. The van der Waals surface area contributed by atoms with Gasteiger partial charge in [-0.05, 0) is 24.3 Å². The Bertz CT molecular complexity index is 872. The Morgan fingerprint density at radius 1 is 1.15 bits per heavy atom. The summed E-state index contributed by atoms with van der Waals surface area (Å²) in [6.07, 6.45) is 0. The number of para-hydroxylation sites is 2. The first-order valence-corrected chi connectivity index (χ1v) is 10.7. The Balaban J connectivity index is 2.19. The van der Waals surface area contributed by atoms with Crippen molar-refractivity contribution in [1.82, 2.24) is 0 Å². The van der Waals surface area contributed by atoms with Crippen molar-refractivity contribution in [1.29, 1.82) is 0 Å². The smallest absolute Gasteiger partial charge is 0.324 e. The van der Waals surface area contributed by atoms with Crippen molar-refractivity contribution in [3.05, 3.63) is 51.5 Å². The van der Waals surface area contributed by atoms with E-state index in [1.54, 1.807) is 25.1 Å². The molecule has 0 aliphatic heterocycles. The Kier molecular flexibility index (Phi) is 7.33. The zero-order valence-corrected chi connectivity index (χ0v) is 18.4. The first-order chi connectivity index (χ1) is 12.2. The minimum absolute atomic E-state index is 0.00357. The van der Waals surface area contributed by atoms with E-state index in [2.05, 4.69) is 15.9 Å². The Morgan fingerprint density at radius 3 is 2.31 bits per heavy atom. The second-order valence-corrected chi connectivity index (χ2v) is 9.92. The third kappa shape index (κ3) is 5.10. The lowest BCUT2D eigenvalue weighted by atomic mass is 10.2. The molecule has 0 aliphatic rings. The molecule has 2 aromatic rings. The van der Waals surface area contributed by atoms with E-state index >= 15 is 0 Å². The van der Waals surface area contributed by atoms with Crippen molar-refractivity contribution < 1.29 is 17.3 Å². The average Bonchev–Trinajstić information content (AvgIpc) is 2.57. The summed E-state index contributed by atoms with van der Waals surface area (Å²) in [6, 6.07) is 9.96. The highest BCUT2D eigenvalue weighted by Crippen LogP contribution is 2.37. The van der Waals surface area contributed by atoms with Crippen molar-refractivity contribution in [3.8, 4) is 11.5 Å². The Hall–Kier alpha value is -0.860. The highest BCUT2D eigenvalue weighted by atomic mass is 79.9. The van der Waals surface area contributed by atoms with E-state index in [9.17, 15) is 8.42 Å². The zero-order valence-electron chi connectivity index (χ0n) is 13.7. The molecule has 142 valence electrons. The van der Waals surface area contributed by atoms with Gasteiger partial charge in [0, 0.05) is 18.6 Å². The second kappa shape index (κ2) is 8.89. The highest BCUT2D eigenvalue weighted by molar-refractivity contribution is 9.11. The molecular formula is C16H15BrCl3NO4S. The molecule has 0 fully saturated rings. The minimum atomic E-state index is -4.07. The van der Waals surface area contributed by atoms with Crippen molar-refractivity contribution in [2.45, 2.75) is 4.16 Å². The summed E-state index contributed by atoms with van der Waals surface area (Å²) in [4.78, 5) is 1.73. The summed E-state index contributed by atoms with van der Waals surface area (Å²) in [7, 11) is -0.787. The number of hydrogen-bond acceptors (Lipinski definition) is 5. The molecule has 1 atom stereocenters. The molecule has 0 spiro atoms. The van der Waals surface area contributed by atoms with Gasteiger partial charge in [0.15, 0.2) is 9.91 Å². The molecule has 5 nitrogen and oxygen atoms in total. The summed E-state index contributed by atoms with van der Waals surface area (Å²) in [5.41, 5.74) is 0.734. The number of rotatable bonds is 7. The van der Waals surface area contributed by atoms with Crippen LogP contribution in [-0.4, -0.2) is 33.3 Å².